The molecule has 0 saturated carbocycles. The molecule has 2 heterocycles. The first kappa shape index (κ1) is 28.5. The minimum atomic E-state index is -5.79. The van der Waals surface area contributed by atoms with Crippen LogP contribution in [0, 0.1) is 5.92 Å². The summed E-state index contributed by atoms with van der Waals surface area (Å²) < 4.78 is 94.8. The Morgan fingerprint density at radius 1 is 1.08 bits per heavy atom. The van der Waals surface area contributed by atoms with Crippen LogP contribution in [0.15, 0.2) is 59.7 Å². The van der Waals surface area contributed by atoms with Gasteiger partial charge >= 0.3 is 12.1 Å². The Morgan fingerprint density at radius 3 is 2.39 bits per heavy atom. The third kappa shape index (κ3) is 5.74. The van der Waals surface area contributed by atoms with E-state index in [-0.39, 0.29) is 28.9 Å². The lowest BCUT2D eigenvalue weighted by molar-refractivity contribution is -0.249. The normalized spacial score (nSPS) is 19.6. The number of hydrogen-bond donors (Lipinski definition) is 0. The molecule has 2 aliphatic heterocycles. The maximum Gasteiger partial charge on any atom is 0.459 e. The van der Waals surface area contributed by atoms with E-state index in [1.807, 2.05) is 13.8 Å². The van der Waals surface area contributed by atoms with Crippen molar-refractivity contribution in [3.63, 3.8) is 0 Å². The first-order chi connectivity index (χ1) is 17.7. The van der Waals surface area contributed by atoms with Gasteiger partial charge in [0, 0.05) is 19.5 Å². The maximum atomic E-state index is 14.3. The van der Waals surface area contributed by atoms with Crippen LogP contribution < -0.4 is 5.01 Å². The van der Waals surface area contributed by atoms with Crippen LogP contribution in [-0.4, -0.2) is 49.4 Å². The summed E-state index contributed by atoms with van der Waals surface area (Å²) in [6, 6.07) is 12.1. The Hall–Kier alpha value is -2.50. The zero-order chi connectivity index (χ0) is 27.9. The molecule has 1 unspecified atom stereocenters. The predicted octanol–water partition coefficient (Wildman–Crippen LogP) is 6.92. The molecular weight excluding hydrogens is 549 g/mol. The molecule has 0 bridgehead atoms. The van der Waals surface area contributed by atoms with Gasteiger partial charge in [-0.15, -0.1) is 0 Å². The second-order valence-corrected chi connectivity index (χ2v) is 12.2. The van der Waals surface area contributed by atoms with Gasteiger partial charge in [-0.2, -0.15) is 31.4 Å². The average molecular weight is 576 g/mol. The Kier molecular flexibility index (Phi) is 7.94. The minimum absolute atomic E-state index is 0.00799. The second-order valence-electron chi connectivity index (χ2n) is 9.77. The number of halogens is 6. The highest BCUT2D eigenvalue weighted by molar-refractivity contribution is 7.89. The third-order valence-electron chi connectivity index (χ3n) is 6.48. The van der Waals surface area contributed by atoms with Crippen LogP contribution in [0.5, 0.6) is 0 Å². The lowest BCUT2D eigenvalue weighted by Crippen LogP contribution is -2.43. The Bertz CT molecular complexity index is 1360. The zero-order valence-corrected chi connectivity index (χ0v) is 22.3. The number of hydrogen-bond acceptors (Lipinski definition) is 4. The van der Waals surface area contributed by atoms with Crippen LogP contribution in [0.3, 0.4) is 0 Å². The fourth-order valence-electron chi connectivity index (χ4n) is 4.62. The molecular formula is C26H27ClF5N3O2S. The molecule has 2 aromatic carbocycles. The maximum absolute atomic E-state index is 14.3. The third-order valence-corrected chi connectivity index (χ3v) is 9.01. The van der Waals surface area contributed by atoms with Crippen LogP contribution in [0.25, 0.3) is 5.57 Å². The van der Waals surface area contributed by atoms with Crippen molar-refractivity contribution >= 4 is 38.6 Å². The highest BCUT2D eigenvalue weighted by Gasteiger charge is 2.62. The smallest absolute Gasteiger partial charge is 0.256 e. The molecule has 38 heavy (non-hydrogen) atoms. The van der Waals surface area contributed by atoms with Crippen LogP contribution >= 0.6 is 11.6 Å². The molecule has 4 rings (SSSR count). The predicted molar refractivity (Wildman–Crippen MR) is 139 cm³/mol. The van der Waals surface area contributed by atoms with Crippen molar-refractivity contribution < 1.29 is 30.4 Å². The molecule has 12 heteroatoms. The van der Waals surface area contributed by atoms with E-state index < -0.39 is 40.3 Å². The van der Waals surface area contributed by atoms with Crippen LogP contribution in [0.1, 0.15) is 43.9 Å². The molecule has 0 saturated heterocycles. The molecule has 2 aliphatic rings. The SMILES string of the molecule is CC(C)CS(=O)(=O)N1CC=C(c2cccc(C3CC(C(F)(F)C(F)(F)F)=NN3c3ccccc3Cl)c2)CC1. The van der Waals surface area contributed by atoms with E-state index in [2.05, 4.69) is 5.10 Å². The van der Waals surface area contributed by atoms with Gasteiger partial charge in [0.2, 0.25) is 10.0 Å². The lowest BCUT2D eigenvalue weighted by Gasteiger charge is -2.28. The number of sulfonamides is 1. The van der Waals surface area contributed by atoms with Gasteiger partial charge in [-0.05, 0) is 47.2 Å². The number of alkyl halides is 5. The minimum Gasteiger partial charge on any atom is -0.256 e. The summed E-state index contributed by atoms with van der Waals surface area (Å²) in [6.07, 6.45) is -4.20. The van der Waals surface area contributed by atoms with E-state index in [1.54, 1.807) is 42.5 Å². The lowest BCUT2D eigenvalue weighted by atomic mass is 9.93. The van der Waals surface area contributed by atoms with Crippen molar-refractivity contribution in [2.75, 3.05) is 23.9 Å². The van der Waals surface area contributed by atoms with Gasteiger partial charge in [-0.1, -0.05) is 61.9 Å². The number of para-hydroxylation sites is 1. The van der Waals surface area contributed by atoms with Crippen molar-refractivity contribution in [2.24, 2.45) is 11.0 Å². The van der Waals surface area contributed by atoms with Gasteiger partial charge < -0.3 is 0 Å². The molecule has 1 atom stereocenters. The summed E-state index contributed by atoms with van der Waals surface area (Å²) in [5, 5.41) is 5.00. The molecule has 0 amide bonds. The van der Waals surface area contributed by atoms with Crippen LogP contribution in [0.2, 0.25) is 5.02 Å². The standard InChI is InChI=1S/C26H27ClF5N3O2S/c1-17(2)16-38(36,37)34-12-10-18(11-13-34)19-6-5-7-20(14-19)23-15-24(25(28,29)26(30,31)32)33-35(23)22-9-4-3-8-21(22)27/h3-10,14,17,23H,11-13,15-16H2,1-2H3. The monoisotopic (exact) mass is 575 g/mol. The molecule has 5 nitrogen and oxygen atoms in total. The molecule has 0 radical (unpaired) electrons. The van der Waals surface area contributed by atoms with E-state index in [4.69, 9.17) is 11.6 Å². The Balaban J connectivity index is 1.65. The van der Waals surface area contributed by atoms with Gasteiger partial charge in [0.25, 0.3) is 0 Å². The number of hydrazone groups is 1. The van der Waals surface area contributed by atoms with Gasteiger partial charge in [-0.3, -0.25) is 5.01 Å². The summed E-state index contributed by atoms with van der Waals surface area (Å²) in [6.45, 7) is 4.17. The summed E-state index contributed by atoms with van der Waals surface area (Å²) in [5.74, 6) is -5.06. The van der Waals surface area contributed by atoms with Crippen molar-refractivity contribution in [3.8, 4) is 0 Å². The molecule has 0 N–H and O–H groups in total. The molecule has 0 spiro atoms. The van der Waals surface area contributed by atoms with Crippen LogP contribution in [-0.2, 0) is 10.0 Å². The fraction of sp³-hybridized carbons (Fsp3) is 0.423. The van der Waals surface area contributed by atoms with Gasteiger partial charge in [0.05, 0.1) is 22.5 Å². The van der Waals surface area contributed by atoms with Gasteiger partial charge in [0.15, 0.2) is 0 Å². The topological polar surface area (TPSA) is 53.0 Å². The number of anilines is 1. The summed E-state index contributed by atoms with van der Waals surface area (Å²) >= 11 is 6.26. The highest BCUT2D eigenvalue weighted by atomic mass is 35.5. The zero-order valence-electron chi connectivity index (χ0n) is 20.7. The molecule has 206 valence electrons. The fourth-order valence-corrected chi connectivity index (χ4v) is 6.57. The number of benzene rings is 2. The highest BCUT2D eigenvalue weighted by Crippen LogP contribution is 2.46. The Morgan fingerprint density at radius 2 is 1.79 bits per heavy atom. The summed E-state index contributed by atoms with van der Waals surface area (Å²) in [7, 11) is -3.39. The van der Waals surface area contributed by atoms with Crippen LogP contribution in [0.4, 0.5) is 27.6 Å². The quantitative estimate of drug-likeness (QED) is 0.337. The van der Waals surface area contributed by atoms with Crippen molar-refractivity contribution in [1.82, 2.24) is 4.31 Å². The molecule has 0 aliphatic carbocycles. The average Bonchev–Trinajstić information content (AvgIpc) is 3.29. The number of nitrogens with zero attached hydrogens (tertiary/aromatic N) is 3. The van der Waals surface area contributed by atoms with Gasteiger partial charge in [-0.25, -0.2) is 8.42 Å². The molecule has 0 fully saturated rings. The van der Waals surface area contributed by atoms with E-state index in [0.29, 0.717) is 18.5 Å². The van der Waals surface area contributed by atoms with Crippen molar-refractivity contribution in [3.05, 3.63) is 70.8 Å². The van der Waals surface area contributed by atoms with Crippen molar-refractivity contribution in [2.45, 2.75) is 44.8 Å². The van der Waals surface area contributed by atoms with E-state index in [0.717, 1.165) is 16.1 Å². The van der Waals surface area contributed by atoms with E-state index >= 15 is 0 Å². The van der Waals surface area contributed by atoms with E-state index in [1.165, 1.54) is 16.4 Å². The Labute approximate surface area is 223 Å². The second kappa shape index (κ2) is 10.6. The summed E-state index contributed by atoms with van der Waals surface area (Å²) in [5.41, 5.74) is 1.00. The molecule has 2 aromatic rings. The largest absolute Gasteiger partial charge is 0.459 e. The number of rotatable bonds is 7. The molecule has 0 aromatic heterocycles. The van der Waals surface area contributed by atoms with Gasteiger partial charge in [0.1, 0.15) is 5.71 Å². The van der Waals surface area contributed by atoms with E-state index in [9.17, 15) is 30.4 Å². The summed E-state index contributed by atoms with van der Waals surface area (Å²) in [4.78, 5) is 0. The first-order valence-corrected chi connectivity index (χ1v) is 14.0. The van der Waals surface area contributed by atoms with Crippen molar-refractivity contribution in [1.29, 1.82) is 0 Å². The first-order valence-electron chi connectivity index (χ1n) is 12.0.